The average molecular weight is 361 g/mol. The van der Waals surface area contributed by atoms with Gasteiger partial charge in [0.25, 0.3) is 5.91 Å². The highest BCUT2D eigenvalue weighted by Crippen LogP contribution is 2.16. The lowest BCUT2D eigenvalue weighted by molar-refractivity contribution is 0.0952. The molecule has 1 rings (SSSR count). The molecule has 0 heterocycles. The Hall–Kier alpha value is -0.620. The summed E-state index contributed by atoms with van der Waals surface area (Å²) in [6, 6.07) is 5.77. The first-order valence-corrected chi connectivity index (χ1v) is 7.39. The molecule has 0 radical (unpaired) electrons. The zero-order valence-corrected chi connectivity index (χ0v) is 12.9. The molecule has 0 saturated carbocycles. The van der Waals surface area contributed by atoms with Gasteiger partial charge in [0, 0.05) is 16.7 Å². The van der Waals surface area contributed by atoms with Crippen LogP contribution in [0.5, 0.6) is 0 Å². The lowest BCUT2D eigenvalue weighted by Gasteiger charge is -2.08. The maximum absolute atomic E-state index is 12.0. The lowest BCUT2D eigenvalue weighted by atomic mass is 10.1. The van der Waals surface area contributed by atoms with E-state index in [2.05, 4.69) is 27.9 Å². The van der Waals surface area contributed by atoms with Crippen LogP contribution in [0.1, 0.15) is 41.6 Å². The van der Waals surface area contributed by atoms with Crippen molar-refractivity contribution in [3.63, 3.8) is 0 Å². The zero-order valence-electron chi connectivity index (χ0n) is 10.7. The van der Waals surface area contributed by atoms with Gasteiger partial charge in [0.1, 0.15) is 0 Å². The van der Waals surface area contributed by atoms with Crippen LogP contribution in [0.2, 0.25) is 0 Å². The number of rotatable bonds is 7. The number of aliphatic hydroxyl groups excluding tert-OH is 1. The molecule has 1 aromatic rings. The summed E-state index contributed by atoms with van der Waals surface area (Å²) in [7, 11) is 0. The Kier molecular flexibility index (Phi) is 7.27. The van der Waals surface area contributed by atoms with E-state index >= 15 is 0 Å². The van der Waals surface area contributed by atoms with Crippen molar-refractivity contribution in [3.05, 3.63) is 32.9 Å². The van der Waals surface area contributed by atoms with Gasteiger partial charge < -0.3 is 10.4 Å². The van der Waals surface area contributed by atoms with Crippen LogP contribution in [0, 0.1) is 10.5 Å². The Morgan fingerprint density at radius 3 is 2.72 bits per heavy atom. The highest BCUT2D eigenvalue weighted by molar-refractivity contribution is 14.1. The highest BCUT2D eigenvalue weighted by Gasteiger charge is 2.09. The van der Waals surface area contributed by atoms with Gasteiger partial charge in [-0.15, -0.1) is 0 Å². The number of benzene rings is 1. The van der Waals surface area contributed by atoms with Gasteiger partial charge >= 0.3 is 0 Å². The van der Waals surface area contributed by atoms with Crippen LogP contribution in [-0.4, -0.2) is 24.2 Å². The van der Waals surface area contributed by atoms with Gasteiger partial charge in [-0.05, 0) is 54.0 Å². The molecule has 3 nitrogen and oxygen atoms in total. The van der Waals surface area contributed by atoms with Gasteiger partial charge in [-0.2, -0.15) is 0 Å². The molecule has 1 aromatic carbocycles. The fourth-order valence-electron chi connectivity index (χ4n) is 1.71. The van der Waals surface area contributed by atoms with E-state index in [4.69, 9.17) is 5.11 Å². The summed E-state index contributed by atoms with van der Waals surface area (Å²) < 4.78 is 1.02. The molecular weight excluding hydrogens is 341 g/mol. The van der Waals surface area contributed by atoms with Crippen molar-refractivity contribution in [2.24, 2.45) is 0 Å². The van der Waals surface area contributed by atoms with Gasteiger partial charge in [0.15, 0.2) is 0 Å². The molecule has 100 valence electrons. The van der Waals surface area contributed by atoms with Gasteiger partial charge in [-0.25, -0.2) is 0 Å². The van der Waals surface area contributed by atoms with E-state index in [1.165, 1.54) is 0 Å². The number of halogens is 1. The van der Waals surface area contributed by atoms with E-state index in [0.29, 0.717) is 6.54 Å². The monoisotopic (exact) mass is 361 g/mol. The number of aliphatic hydroxyl groups is 1. The van der Waals surface area contributed by atoms with E-state index < -0.39 is 0 Å². The fourth-order valence-corrected chi connectivity index (χ4v) is 2.31. The topological polar surface area (TPSA) is 49.3 Å². The van der Waals surface area contributed by atoms with E-state index in [1.807, 2.05) is 25.1 Å². The molecule has 1 amide bonds. The third-order valence-corrected chi connectivity index (χ3v) is 4.24. The Morgan fingerprint density at radius 1 is 1.28 bits per heavy atom. The minimum absolute atomic E-state index is 0.00487. The summed E-state index contributed by atoms with van der Waals surface area (Å²) in [5, 5.41) is 11.6. The second kappa shape index (κ2) is 8.48. The number of hydrogen-bond acceptors (Lipinski definition) is 2. The molecule has 0 bridgehead atoms. The van der Waals surface area contributed by atoms with Gasteiger partial charge in [-0.1, -0.05) is 25.0 Å². The standard InChI is InChI=1S/C14H20INO2/c1-11-7-6-8-12(13(11)15)14(18)16-9-4-2-3-5-10-17/h6-8,17H,2-5,9-10H2,1H3,(H,16,18). The molecule has 0 aliphatic carbocycles. The predicted molar refractivity (Wildman–Crippen MR) is 81.8 cm³/mol. The molecule has 0 aromatic heterocycles. The molecule has 4 heteroatoms. The fraction of sp³-hybridized carbons (Fsp3) is 0.500. The Morgan fingerprint density at radius 2 is 2.00 bits per heavy atom. The van der Waals surface area contributed by atoms with Crippen LogP contribution in [0.25, 0.3) is 0 Å². The maximum Gasteiger partial charge on any atom is 0.252 e. The average Bonchev–Trinajstić information content (AvgIpc) is 2.36. The quantitative estimate of drug-likeness (QED) is 0.580. The SMILES string of the molecule is Cc1cccc(C(=O)NCCCCCCO)c1I. The summed E-state index contributed by atoms with van der Waals surface area (Å²) >= 11 is 2.21. The Bertz CT molecular complexity index is 393. The minimum atomic E-state index is 0.00487. The number of carbonyl (C=O) groups is 1. The number of carbonyl (C=O) groups excluding carboxylic acids is 1. The number of aryl methyl sites for hydroxylation is 1. The van der Waals surface area contributed by atoms with Crippen LogP contribution in [0.3, 0.4) is 0 Å². The predicted octanol–water partition coefficient (Wildman–Crippen LogP) is 2.88. The molecule has 0 aliphatic heterocycles. The van der Waals surface area contributed by atoms with Crippen LogP contribution < -0.4 is 5.32 Å². The van der Waals surface area contributed by atoms with Crippen LogP contribution in [-0.2, 0) is 0 Å². The second-order valence-corrected chi connectivity index (χ2v) is 5.41. The second-order valence-electron chi connectivity index (χ2n) is 4.33. The van der Waals surface area contributed by atoms with Gasteiger partial charge in [0.05, 0.1) is 5.56 Å². The van der Waals surface area contributed by atoms with E-state index in [9.17, 15) is 4.79 Å². The van der Waals surface area contributed by atoms with Gasteiger partial charge in [-0.3, -0.25) is 4.79 Å². The molecule has 0 spiro atoms. The molecule has 0 saturated heterocycles. The number of unbranched alkanes of at least 4 members (excludes halogenated alkanes) is 3. The first kappa shape index (κ1) is 15.4. The normalized spacial score (nSPS) is 10.4. The van der Waals surface area contributed by atoms with Crippen molar-refractivity contribution in [1.82, 2.24) is 5.32 Å². The molecule has 0 atom stereocenters. The Balaban J connectivity index is 2.35. The zero-order chi connectivity index (χ0) is 13.4. The third-order valence-electron chi connectivity index (χ3n) is 2.81. The van der Waals surface area contributed by atoms with Gasteiger partial charge in [0.2, 0.25) is 0 Å². The van der Waals surface area contributed by atoms with Crippen LogP contribution in [0.15, 0.2) is 18.2 Å². The first-order chi connectivity index (χ1) is 8.66. The minimum Gasteiger partial charge on any atom is -0.396 e. The number of hydrogen-bond donors (Lipinski definition) is 2. The highest BCUT2D eigenvalue weighted by atomic mass is 127. The summed E-state index contributed by atoms with van der Waals surface area (Å²) in [6.07, 6.45) is 3.89. The first-order valence-electron chi connectivity index (χ1n) is 6.31. The number of amides is 1. The molecule has 2 N–H and O–H groups in total. The van der Waals surface area contributed by atoms with Crippen molar-refractivity contribution in [3.8, 4) is 0 Å². The molecule has 18 heavy (non-hydrogen) atoms. The molecular formula is C14H20INO2. The maximum atomic E-state index is 12.0. The van der Waals surface area contributed by atoms with E-state index in [0.717, 1.165) is 40.4 Å². The number of nitrogens with one attached hydrogen (secondary N) is 1. The molecule has 0 aliphatic rings. The smallest absolute Gasteiger partial charge is 0.252 e. The van der Waals surface area contributed by atoms with Crippen molar-refractivity contribution in [2.75, 3.05) is 13.2 Å². The summed E-state index contributed by atoms with van der Waals surface area (Å²) in [5.41, 5.74) is 1.89. The van der Waals surface area contributed by atoms with Crippen LogP contribution >= 0.6 is 22.6 Å². The third kappa shape index (κ3) is 4.94. The molecule has 0 unspecified atom stereocenters. The summed E-state index contributed by atoms with van der Waals surface area (Å²) in [4.78, 5) is 12.0. The van der Waals surface area contributed by atoms with E-state index in [-0.39, 0.29) is 12.5 Å². The molecule has 0 fully saturated rings. The van der Waals surface area contributed by atoms with Crippen molar-refractivity contribution >= 4 is 28.5 Å². The lowest BCUT2D eigenvalue weighted by Crippen LogP contribution is -2.25. The van der Waals surface area contributed by atoms with E-state index in [1.54, 1.807) is 0 Å². The van der Waals surface area contributed by atoms with Crippen LogP contribution in [0.4, 0.5) is 0 Å². The van der Waals surface area contributed by atoms with Crippen molar-refractivity contribution in [2.45, 2.75) is 32.6 Å². The largest absolute Gasteiger partial charge is 0.396 e. The van der Waals surface area contributed by atoms with Crippen molar-refractivity contribution in [1.29, 1.82) is 0 Å². The summed E-state index contributed by atoms with van der Waals surface area (Å²) in [5.74, 6) is 0.00487. The summed E-state index contributed by atoms with van der Waals surface area (Å²) in [6.45, 7) is 2.97. The Labute approximate surface area is 122 Å². The van der Waals surface area contributed by atoms with Crippen molar-refractivity contribution < 1.29 is 9.90 Å².